The van der Waals surface area contributed by atoms with Gasteiger partial charge in [0.2, 0.25) is 0 Å². The fourth-order valence-electron chi connectivity index (χ4n) is 2.87. The summed E-state index contributed by atoms with van der Waals surface area (Å²) in [7, 11) is 0. The van der Waals surface area contributed by atoms with E-state index in [2.05, 4.69) is 37.2 Å². The van der Waals surface area contributed by atoms with Crippen LogP contribution >= 0.6 is 15.9 Å². The van der Waals surface area contributed by atoms with E-state index in [-0.39, 0.29) is 0 Å². The number of aromatic nitrogens is 1. The minimum absolute atomic E-state index is 0.689. The number of halogens is 1. The van der Waals surface area contributed by atoms with Crippen LogP contribution in [0.5, 0.6) is 0 Å². The molecule has 1 N–H and O–H groups in total. The van der Waals surface area contributed by atoms with Crippen LogP contribution in [0.1, 0.15) is 12.8 Å². The Morgan fingerprint density at radius 3 is 3.19 bits per heavy atom. The smallest absolute Gasteiger partial charge is 0.0592 e. The van der Waals surface area contributed by atoms with Gasteiger partial charge in [-0.3, -0.25) is 4.98 Å². The molecule has 2 saturated heterocycles. The van der Waals surface area contributed by atoms with Crippen molar-refractivity contribution in [3.05, 3.63) is 22.9 Å². The summed E-state index contributed by atoms with van der Waals surface area (Å²) in [5, 5.41) is 3.63. The second kappa shape index (κ2) is 4.34. The number of piperidine rings is 1. The van der Waals surface area contributed by atoms with Crippen LogP contribution in [-0.2, 0) is 0 Å². The van der Waals surface area contributed by atoms with Crippen molar-refractivity contribution in [3.63, 3.8) is 0 Å². The lowest BCUT2D eigenvalue weighted by Gasteiger charge is -2.24. The van der Waals surface area contributed by atoms with E-state index >= 15 is 0 Å². The molecule has 2 aliphatic rings. The highest BCUT2D eigenvalue weighted by atomic mass is 79.9. The third-order valence-corrected chi connectivity index (χ3v) is 4.30. The molecule has 16 heavy (non-hydrogen) atoms. The Bertz CT molecular complexity index is 368. The third kappa shape index (κ3) is 1.84. The average Bonchev–Trinajstić information content (AvgIpc) is 2.73. The molecule has 4 heteroatoms. The average molecular weight is 282 g/mol. The van der Waals surface area contributed by atoms with E-state index in [0.717, 1.165) is 16.9 Å². The molecule has 2 aliphatic heterocycles. The van der Waals surface area contributed by atoms with Gasteiger partial charge in [0.1, 0.15) is 0 Å². The van der Waals surface area contributed by atoms with Gasteiger partial charge >= 0.3 is 0 Å². The van der Waals surface area contributed by atoms with Gasteiger partial charge in [-0.1, -0.05) is 0 Å². The number of fused-ring (bicyclic) bond motifs is 1. The van der Waals surface area contributed by atoms with Gasteiger partial charge in [-0.05, 0) is 47.3 Å². The molecule has 86 valence electrons. The van der Waals surface area contributed by atoms with Crippen LogP contribution in [0.3, 0.4) is 0 Å². The SMILES string of the molecule is Brc1cnccc1N1CC2CCCNC2C1. The molecule has 0 radical (unpaired) electrons. The molecule has 3 rings (SSSR count). The maximum absolute atomic E-state index is 4.12. The largest absolute Gasteiger partial charge is 0.369 e. The molecule has 1 aromatic heterocycles. The van der Waals surface area contributed by atoms with Crippen LogP contribution in [0, 0.1) is 5.92 Å². The van der Waals surface area contributed by atoms with E-state index in [1.54, 1.807) is 0 Å². The number of nitrogens with one attached hydrogen (secondary N) is 1. The quantitative estimate of drug-likeness (QED) is 0.854. The van der Waals surface area contributed by atoms with E-state index in [9.17, 15) is 0 Å². The van der Waals surface area contributed by atoms with Gasteiger partial charge < -0.3 is 10.2 Å². The molecule has 0 amide bonds. The summed E-state index contributed by atoms with van der Waals surface area (Å²) >= 11 is 3.58. The number of pyridine rings is 1. The minimum Gasteiger partial charge on any atom is -0.369 e. The molecule has 0 saturated carbocycles. The second-order valence-corrected chi connectivity index (χ2v) is 5.55. The summed E-state index contributed by atoms with van der Waals surface area (Å²) in [6.07, 6.45) is 6.45. The van der Waals surface area contributed by atoms with Crippen LogP contribution in [0.15, 0.2) is 22.9 Å². The number of nitrogens with zero attached hydrogens (tertiary/aromatic N) is 2. The Morgan fingerprint density at radius 1 is 1.44 bits per heavy atom. The van der Waals surface area contributed by atoms with Crippen molar-refractivity contribution in [2.75, 3.05) is 24.5 Å². The first-order valence-corrected chi connectivity index (χ1v) is 6.72. The first kappa shape index (κ1) is 10.5. The van der Waals surface area contributed by atoms with Crippen molar-refractivity contribution >= 4 is 21.6 Å². The van der Waals surface area contributed by atoms with Gasteiger partial charge in [-0.25, -0.2) is 0 Å². The molecule has 2 fully saturated rings. The summed E-state index contributed by atoms with van der Waals surface area (Å²) in [6, 6.07) is 2.79. The van der Waals surface area contributed by atoms with Crippen molar-refractivity contribution in [2.45, 2.75) is 18.9 Å². The first-order chi connectivity index (χ1) is 7.84. The van der Waals surface area contributed by atoms with Gasteiger partial charge in [-0.2, -0.15) is 0 Å². The Labute approximate surface area is 104 Å². The maximum atomic E-state index is 4.12. The maximum Gasteiger partial charge on any atom is 0.0592 e. The Kier molecular flexibility index (Phi) is 2.86. The second-order valence-electron chi connectivity index (χ2n) is 4.69. The summed E-state index contributed by atoms with van der Waals surface area (Å²) in [6.45, 7) is 3.50. The van der Waals surface area contributed by atoms with Crippen molar-refractivity contribution in [3.8, 4) is 0 Å². The van der Waals surface area contributed by atoms with Crippen LogP contribution in [-0.4, -0.2) is 30.7 Å². The van der Waals surface area contributed by atoms with E-state index in [1.165, 1.54) is 31.6 Å². The normalized spacial score (nSPS) is 29.2. The third-order valence-electron chi connectivity index (χ3n) is 3.69. The molecule has 3 nitrogen and oxygen atoms in total. The zero-order valence-electron chi connectivity index (χ0n) is 9.19. The molecule has 0 bridgehead atoms. The molecular weight excluding hydrogens is 266 g/mol. The molecule has 0 spiro atoms. The molecule has 1 aromatic rings. The topological polar surface area (TPSA) is 28.2 Å². The van der Waals surface area contributed by atoms with Crippen LogP contribution in [0.4, 0.5) is 5.69 Å². The van der Waals surface area contributed by atoms with Crippen molar-refractivity contribution in [1.29, 1.82) is 0 Å². The summed E-state index contributed by atoms with van der Waals surface area (Å²) < 4.78 is 1.11. The highest BCUT2D eigenvalue weighted by Crippen LogP contribution is 2.32. The number of anilines is 1. The molecular formula is C12H16BrN3. The fourth-order valence-corrected chi connectivity index (χ4v) is 3.37. The predicted octanol–water partition coefficient (Wildman–Crippen LogP) is 2.03. The van der Waals surface area contributed by atoms with Gasteiger partial charge in [0, 0.05) is 31.5 Å². The highest BCUT2D eigenvalue weighted by molar-refractivity contribution is 9.10. The van der Waals surface area contributed by atoms with Gasteiger partial charge in [-0.15, -0.1) is 0 Å². The van der Waals surface area contributed by atoms with Crippen LogP contribution in [0.25, 0.3) is 0 Å². The number of hydrogen-bond donors (Lipinski definition) is 1. The van der Waals surface area contributed by atoms with E-state index < -0.39 is 0 Å². The summed E-state index contributed by atoms with van der Waals surface area (Å²) in [5.41, 5.74) is 1.28. The van der Waals surface area contributed by atoms with Gasteiger partial charge in [0.15, 0.2) is 0 Å². The van der Waals surface area contributed by atoms with Crippen molar-refractivity contribution < 1.29 is 0 Å². The van der Waals surface area contributed by atoms with Crippen LogP contribution in [0.2, 0.25) is 0 Å². The summed E-state index contributed by atoms with van der Waals surface area (Å²) in [5.74, 6) is 0.828. The molecule has 2 atom stereocenters. The van der Waals surface area contributed by atoms with E-state index in [4.69, 9.17) is 0 Å². The lowest BCUT2D eigenvalue weighted by Crippen LogP contribution is -2.40. The Hall–Kier alpha value is -0.610. The first-order valence-electron chi connectivity index (χ1n) is 5.92. The predicted molar refractivity (Wildman–Crippen MR) is 68.7 cm³/mol. The Morgan fingerprint density at radius 2 is 2.38 bits per heavy atom. The molecule has 2 unspecified atom stereocenters. The number of rotatable bonds is 1. The Balaban J connectivity index is 1.80. The van der Waals surface area contributed by atoms with Crippen LogP contribution < -0.4 is 10.2 Å². The molecule has 0 aliphatic carbocycles. The minimum atomic E-state index is 0.689. The fraction of sp³-hybridized carbons (Fsp3) is 0.583. The monoisotopic (exact) mass is 281 g/mol. The van der Waals surface area contributed by atoms with Gasteiger partial charge in [0.05, 0.1) is 10.2 Å². The van der Waals surface area contributed by atoms with Gasteiger partial charge in [0.25, 0.3) is 0 Å². The number of hydrogen-bond acceptors (Lipinski definition) is 3. The molecule has 0 aromatic carbocycles. The summed E-state index contributed by atoms with van der Waals surface area (Å²) in [4.78, 5) is 6.59. The van der Waals surface area contributed by atoms with E-state index in [0.29, 0.717) is 6.04 Å². The lowest BCUT2D eigenvalue weighted by molar-refractivity contribution is 0.340. The highest BCUT2D eigenvalue weighted by Gasteiger charge is 2.34. The standard InChI is InChI=1S/C12H16BrN3/c13-10-6-14-5-3-12(10)16-7-9-2-1-4-15-11(9)8-16/h3,5-6,9,11,15H,1-2,4,7-8H2. The zero-order valence-corrected chi connectivity index (χ0v) is 10.8. The van der Waals surface area contributed by atoms with Crippen molar-refractivity contribution in [2.24, 2.45) is 5.92 Å². The van der Waals surface area contributed by atoms with E-state index in [1.807, 2.05) is 12.4 Å². The zero-order chi connectivity index (χ0) is 11.0. The van der Waals surface area contributed by atoms with Crippen molar-refractivity contribution in [1.82, 2.24) is 10.3 Å². The lowest BCUT2D eigenvalue weighted by atomic mass is 9.94. The molecule has 3 heterocycles.